The Morgan fingerprint density at radius 1 is 0.975 bits per heavy atom. The van der Waals surface area contributed by atoms with Gasteiger partial charge in [0.2, 0.25) is 11.8 Å². The molecule has 0 radical (unpaired) electrons. The van der Waals surface area contributed by atoms with Crippen molar-refractivity contribution in [2.24, 2.45) is 5.73 Å². The summed E-state index contributed by atoms with van der Waals surface area (Å²) in [6, 6.07) is 10.6. The molecule has 4 N–H and O–H groups in total. The van der Waals surface area contributed by atoms with E-state index in [2.05, 4.69) is 10.6 Å². The van der Waals surface area contributed by atoms with Crippen LogP contribution in [-0.4, -0.2) is 46.4 Å². The van der Waals surface area contributed by atoms with Crippen molar-refractivity contribution >= 4 is 29.5 Å². The first-order chi connectivity index (χ1) is 18.6. The molecule has 3 unspecified atom stereocenters. The standard InChI is InChI=1S/C31H44N4O5/c1-9-22(5)35(29(38)24(17-18-25(32)36)33-30(39)40-31(6,7)8)27(23-15-13-19(2)14-16-23)28(37)34-26-20(3)11-10-12-21(26)4/h10-16,22,24,27H,9,17-18H2,1-8H3,(H2,32,36)(H,33,39)(H,34,37). The van der Waals surface area contributed by atoms with Crippen molar-refractivity contribution in [2.75, 3.05) is 5.32 Å². The Hall–Kier alpha value is -3.88. The third-order valence-corrected chi connectivity index (χ3v) is 6.64. The lowest BCUT2D eigenvalue weighted by molar-refractivity contribution is -0.143. The lowest BCUT2D eigenvalue weighted by atomic mass is 9.97. The summed E-state index contributed by atoms with van der Waals surface area (Å²) >= 11 is 0. The minimum absolute atomic E-state index is 0.0422. The van der Waals surface area contributed by atoms with Gasteiger partial charge in [-0.05, 0) is 78.0 Å². The van der Waals surface area contributed by atoms with Crippen LogP contribution in [0.4, 0.5) is 10.5 Å². The van der Waals surface area contributed by atoms with Crippen LogP contribution in [0.3, 0.4) is 0 Å². The molecule has 218 valence electrons. The van der Waals surface area contributed by atoms with Gasteiger partial charge in [-0.15, -0.1) is 0 Å². The fourth-order valence-corrected chi connectivity index (χ4v) is 4.36. The summed E-state index contributed by atoms with van der Waals surface area (Å²) in [5.74, 6) is -1.51. The van der Waals surface area contributed by atoms with Gasteiger partial charge in [0.05, 0.1) is 0 Å². The van der Waals surface area contributed by atoms with Gasteiger partial charge in [0.25, 0.3) is 5.91 Å². The zero-order chi connectivity index (χ0) is 30.2. The van der Waals surface area contributed by atoms with E-state index >= 15 is 0 Å². The lowest BCUT2D eigenvalue weighted by Crippen LogP contribution is -2.55. The highest BCUT2D eigenvalue weighted by Gasteiger charge is 2.38. The highest BCUT2D eigenvalue weighted by Crippen LogP contribution is 2.30. The largest absolute Gasteiger partial charge is 0.444 e. The Bertz CT molecular complexity index is 1180. The molecule has 0 aliphatic carbocycles. The summed E-state index contributed by atoms with van der Waals surface area (Å²) < 4.78 is 5.39. The highest BCUT2D eigenvalue weighted by atomic mass is 16.6. The van der Waals surface area contributed by atoms with Crippen molar-refractivity contribution in [3.8, 4) is 0 Å². The number of nitrogens with one attached hydrogen (secondary N) is 2. The summed E-state index contributed by atoms with van der Waals surface area (Å²) in [6.45, 7) is 14.7. The Morgan fingerprint density at radius 3 is 2.05 bits per heavy atom. The first-order valence-corrected chi connectivity index (χ1v) is 13.7. The van der Waals surface area contributed by atoms with E-state index in [4.69, 9.17) is 10.5 Å². The fraction of sp³-hybridized carbons (Fsp3) is 0.484. The van der Waals surface area contributed by atoms with Crippen molar-refractivity contribution in [1.82, 2.24) is 10.2 Å². The van der Waals surface area contributed by atoms with Crippen molar-refractivity contribution in [3.63, 3.8) is 0 Å². The van der Waals surface area contributed by atoms with Gasteiger partial charge in [0.1, 0.15) is 17.7 Å². The van der Waals surface area contributed by atoms with Gasteiger partial charge in [-0.3, -0.25) is 14.4 Å². The maximum atomic E-state index is 14.3. The van der Waals surface area contributed by atoms with Crippen molar-refractivity contribution < 1.29 is 23.9 Å². The maximum Gasteiger partial charge on any atom is 0.408 e. The second kappa shape index (κ2) is 14.0. The molecule has 0 saturated carbocycles. The van der Waals surface area contributed by atoms with E-state index in [1.54, 1.807) is 20.8 Å². The number of anilines is 1. The van der Waals surface area contributed by atoms with Crippen LogP contribution in [0.5, 0.6) is 0 Å². The average Bonchev–Trinajstić information content (AvgIpc) is 2.86. The van der Waals surface area contributed by atoms with Gasteiger partial charge < -0.3 is 26.0 Å². The van der Waals surface area contributed by atoms with Crippen LogP contribution in [0.25, 0.3) is 0 Å². The molecule has 0 bridgehead atoms. The molecule has 0 aliphatic rings. The molecule has 0 spiro atoms. The summed E-state index contributed by atoms with van der Waals surface area (Å²) in [7, 11) is 0. The van der Waals surface area contributed by atoms with E-state index in [0.717, 1.165) is 16.7 Å². The number of aryl methyl sites for hydroxylation is 3. The van der Waals surface area contributed by atoms with Gasteiger partial charge >= 0.3 is 6.09 Å². The predicted molar refractivity (Wildman–Crippen MR) is 157 cm³/mol. The fourth-order valence-electron chi connectivity index (χ4n) is 4.36. The molecule has 3 atom stereocenters. The molecule has 0 saturated heterocycles. The summed E-state index contributed by atoms with van der Waals surface area (Å²) in [5.41, 5.74) is 8.68. The van der Waals surface area contributed by atoms with E-state index in [1.165, 1.54) is 4.90 Å². The van der Waals surface area contributed by atoms with Crippen molar-refractivity contribution in [2.45, 2.75) is 98.4 Å². The highest BCUT2D eigenvalue weighted by molar-refractivity contribution is 6.00. The molecule has 0 aromatic heterocycles. The average molecular weight is 553 g/mol. The number of ether oxygens (including phenoxy) is 1. The molecule has 0 aliphatic heterocycles. The number of amides is 4. The number of hydrogen-bond donors (Lipinski definition) is 3. The van der Waals surface area contributed by atoms with Gasteiger partial charge in [0.15, 0.2) is 0 Å². The van der Waals surface area contributed by atoms with E-state index < -0.39 is 35.6 Å². The Kier molecular flexibility index (Phi) is 11.3. The third-order valence-electron chi connectivity index (χ3n) is 6.64. The van der Waals surface area contributed by atoms with Crippen LogP contribution in [0, 0.1) is 20.8 Å². The molecule has 2 aromatic carbocycles. The topological polar surface area (TPSA) is 131 Å². The molecule has 4 amide bonds. The molecule has 0 fully saturated rings. The Labute approximate surface area is 237 Å². The first kappa shape index (κ1) is 32.3. The molecule has 2 rings (SSSR count). The SMILES string of the molecule is CCC(C)N(C(=O)C(CCC(N)=O)NC(=O)OC(C)(C)C)C(C(=O)Nc1c(C)cccc1C)c1ccc(C)cc1. The third kappa shape index (κ3) is 9.10. The van der Waals surface area contributed by atoms with Crippen LogP contribution >= 0.6 is 0 Å². The first-order valence-electron chi connectivity index (χ1n) is 13.7. The van der Waals surface area contributed by atoms with Crippen LogP contribution in [-0.2, 0) is 19.1 Å². The summed E-state index contributed by atoms with van der Waals surface area (Å²) in [5, 5.41) is 5.67. The zero-order valence-corrected chi connectivity index (χ0v) is 25.0. The molecule has 9 heteroatoms. The number of primary amides is 1. The lowest BCUT2D eigenvalue weighted by Gasteiger charge is -2.38. The number of hydrogen-bond acceptors (Lipinski definition) is 5. The van der Waals surface area contributed by atoms with E-state index in [0.29, 0.717) is 17.7 Å². The zero-order valence-electron chi connectivity index (χ0n) is 25.0. The van der Waals surface area contributed by atoms with E-state index in [-0.39, 0.29) is 24.8 Å². The van der Waals surface area contributed by atoms with E-state index in [9.17, 15) is 19.2 Å². The molecular formula is C31H44N4O5. The maximum absolute atomic E-state index is 14.3. The number of para-hydroxylation sites is 1. The van der Waals surface area contributed by atoms with Gasteiger partial charge in [-0.1, -0.05) is 55.0 Å². The minimum atomic E-state index is -1.14. The predicted octanol–water partition coefficient (Wildman–Crippen LogP) is 5.08. The molecular weight excluding hydrogens is 508 g/mol. The Balaban J connectivity index is 2.60. The van der Waals surface area contributed by atoms with Crippen LogP contribution in [0.15, 0.2) is 42.5 Å². The van der Waals surface area contributed by atoms with Gasteiger partial charge in [-0.2, -0.15) is 0 Å². The van der Waals surface area contributed by atoms with Crippen LogP contribution < -0.4 is 16.4 Å². The molecule has 40 heavy (non-hydrogen) atoms. The molecule has 2 aromatic rings. The number of rotatable bonds is 11. The normalized spacial score (nSPS) is 13.5. The number of carbonyl (C=O) groups excluding carboxylic acids is 4. The monoisotopic (exact) mass is 552 g/mol. The smallest absolute Gasteiger partial charge is 0.408 e. The van der Waals surface area contributed by atoms with Crippen molar-refractivity contribution in [3.05, 3.63) is 64.7 Å². The number of alkyl carbamates (subject to hydrolysis) is 1. The number of nitrogens with two attached hydrogens (primary N) is 1. The quantitative estimate of drug-likeness (QED) is 0.358. The van der Waals surface area contributed by atoms with E-state index in [1.807, 2.05) is 77.1 Å². The minimum Gasteiger partial charge on any atom is -0.444 e. The van der Waals surface area contributed by atoms with Crippen molar-refractivity contribution in [1.29, 1.82) is 0 Å². The number of benzene rings is 2. The summed E-state index contributed by atoms with van der Waals surface area (Å²) in [4.78, 5) is 54.2. The Morgan fingerprint density at radius 2 is 1.55 bits per heavy atom. The van der Waals surface area contributed by atoms with Crippen LogP contribution in [0.2, 0.25) is 0 Å². The second-order valence-electron chi connectivity index (χ2n) is 11.3. The van der Waals surface area contributed by atoms with Gasteiger partial charge in [-0.25, -0.2) is 4.79 Å². The number of carbonyl (C=O) groups is 4. The second-order valence-corrected chi connectivity index (χ2v) is 11.3. The molecule has 9 nitrogen and oxygen atoms in total. The van der Waals surface area contributed by atoms with Crippen LogP contribution in [0.1, 0.15) is 82.2 Å². The molecule has 0 heterocycles. The number of nitrogens with zero attached hydrogens (tertiary/aromatic N) is 1. The summed E-state index contributed by atoms with van der Waals surface area (Å²) in [6.07, 6.45) is -0.435. The van der Waals surface area contributed by atoms with Gasteiger partial charge in [0, 0.05) is 18.2 Å².